The molecule has 1 amide bonds. The Hall–Kier alpha value is -3.68. The molecule has 0 saturated carbocycles. The van der Waals surface area contributed by atoms with Crippen LogP contribution in [0.5, 0.6) is 5.75 Å². The molecule has 8 heteroatoms. The smallest absolute Gasteiger partial charge is 0.331 e. The Morgan fingerprint density at radius 1 is 1.18 bits per heavy atom. The highest BCUT2D eigenvalue weighted by Gasteiger charge is 2.18. The van der Waals surface area contributed by atoms with Crippen molar-refractivity contribution in [2.24, 2.45) is 0 Å². The Balaban J connectivity index is 1.95. The van der Waals surface area contributed by atoms with Crippen LogP contribution in [0.4, 0.5) is 11.4 Å². The first-order chi connectivity index (χ1) is 13.3. The second-order valence-electron chi connectivity index (χ2n) is 5.98. The van der Waals surface area contributed by atoms with Gasteiger partial charge >= 0.3 is 5.97 Å². The summed E-state index contributed by atoms with van der Waals surface area (Å²) in [6, 6.07) is 9.94. The topological polar surface area (TPSA) is 108 Å². The number of carbonyl (C=O) groups is 2. The quantitative estimate of drug-likeness (QED) is 0.339. The molecule has 146 valence electrons. The summed E-state index contributed by atoms with van der Waals surface area (Å²) in [7, 11) is 1.54. The lowest BCUT2D eigenvalue weighted by molar-refractivity contribution is -0.384. The van der Waals surface area contributed by atoms with Crippen LogP contribution in [0.15, 0.2) is 42.5 Å². The van der Waals surface area contributed by atoms with E-state index >= 15 is 0 Å². The van der Waals surface area contributed by atoms with Gasteiger partial charge in [-0.15, -0.1) is 0 Å². The van der Waals surface area contributed by atoms with Gasteiger partial charge in [0.05, 0.1) is 12.0 Å². The van der Waals surface area contributed by atoms with Crippen molar-refractivity contribution in [2.75, 3.05) is 19.0 Å². The number of rotatable bonds is 7. The Labute approximate surface area is 161 Å². The van der Waals surface area contributed by atoms with Crippen LogP contribution < -0.4 is 10.1 Å². The van der Waals surface area contributed by atoms with E-state index in [-0.39, 0.29) is 11.4 Å². The minimum Gasteiger partial charge on any atom is -0.497 e. The third-order valence-electron chi connectivity index (χ3n) is 3.93. The lowest BCUT2D eigenvalue weighted by atomic mass is 10.1. The summed E-state index contributed by atoms with van der Waals surface area (Å²) in [4.78, 5) is 34.3. The zero-order valence-corrected chi connectivity index (χ0v) is 15.7. The first-order valence-electron chi connectivity index (χ1n) is 8.34. The summed E-state index contributed by atoms with van der Waals surface area (Å²) >= 11 is 0. The molecule has 0 aliphatic heterocycles. The lowest BCUT2D eigenvalue weighted by Crippen LogP contribution is -2.20. The normalized spacial score (nSPS) is 10.5. The van der Waals surface area contributed by atoms with Gasteiger partial charge in [0.15, 0.2) is 6.61 Å². The molecule has 0 radical (unpaired) electrons. The van der Waals surface area contributed by atoms with Crippen molar-refractivity contribution in [3.05, 3.63) is 69.3 Å². The van der Waals surface area contributed by atoms with Gasteiger partial charge in [0.2, 0.25) is 0 Å². The Morgan fingerprint density at radius 3 is 2.57 bits per heavy atom. The molecule has 0 fully saturated rings. The fraction of sp³-hybridized carbons (Fsp3) is 0.200. The Morgan fingerprint density at radius 2 is 1.89 bits per heavy atom. The monoisotopic (exact) mass is 384 g/mol. The van der Waals surface area contributed by atoms with E-state index in [0.29, 0.717) is 5.75 Å². The lowest BCUT2D eigenvalue weighted by Gasteiger charge is -2.09. The zero-order chi connectivity index (χ0) is 20.7. The molecule has 0 unspecified atom stereocenters. The number of amides is 1. The predicted octanol–water partition coefficient (Wildman–Crippen LogP) is 3.42. The summed E-state index contributed by atoms with van der Waals surface area (Å²) in [5.74, 6) is -0.744. The molecule has 0 bridgehead atoms. The number of esters is 1. The summed E-state index contributed by atoms with van der Waals surface area (Å²) in [5.41, 5.74) is 2.09. The van der Waals surface area contributed by atoms with Crippen molar-refractivity contribution in [2.45, 2.75) is 13.8 Å². The summed E-state index contributed by atoms with van der Waals surface area (Å²) < 4.78 is 9.96. The highest BCUT2D eigenvalue weighted by molar-refractivity contribution is 5.96. The maximum absolute atomic E-state index is 12.0. The second kappa shape index (κ2) is 9.31. The molecule has 0 aliphatic rings. The Bertz CT molecular complexity index is 936. The van der Waals surface area contributed by atoms with Crippen LogP contribution in [0.1, 0.15) is 16.7 Å². The van der Waals surface area contributed by atoms with Crippen LogP contribution >= 0.6 is 0 Å². The van der Waals surface area contributed by atoms with E-state index in [2.05, 4.69) is 5.32 Å². The van der Waals surface area contributed by atoms with Gasteiger partial charge in [-0.3, -0.25) is 14.9 Å². The molecule has 8 nitrogen and oxygen atoms in total. The van der Waals surface area contributed by atoms with E-state index in [1.165, 1.54) is 31.4 Å². The third-order valence-corrected chi connectivity index (χ3v) is 3.93. The maximum Gasteiger partial charge on any atom is 0.331 e. The fourth-order valence-electron chi connectivity index (χ4n) is 2.33. The first kappa shape index (κ1) is 20.6. The number of nitro groups is 1. The molecule has 1 N–H and O–H groups in total. The van der Waals surface area contributed by atoms with Crippen LogP contribution in [-0.2, 0) is 14.3 Å². The van der Waals surface area contributed by atoms with Crippen LogP contribution in [0.3, 0.4) is 0 Å². The molecule has 0 heterocycles. The molecule has 0 atom stereocenters. The van der Waals surface area contributed by atoms with Gasteiger partial charge in [0.1, 0.15) is 11.4 Å². The molecule has 2 aromatic carbocycles. The van der Waals surface area contributed by atoms with Crippen molar-refractivity contribution < 1.29 is 24.0 Å². The number of ether oxygens (including phenoxy) is 2. The van der Waals surface area contributed by atoms with Gasteiger partial charge in [-0.2, -0.15) is 0 Å². The molecule has 2 aromatic rings. The molecule has 0 saturated heterocycles. The summed E-state index contributed by atoms with van der Waals surface area (Å²) in [6.45, 7) is 2.95. The van der Waals surface area contributed by atoms with Crippen molar-refractivity contribution in [3.63, 3.8) is 0 Å². The van der Waals surface area contributed by atoms with Crippen LogP contribution in [-0.4, -0.2) is 30.5 Å². The minimum atomic E-state index is -0.715. The highest BCUT2D eigenvalue weighted by Crippen LogP contribution is 2.27. The molecule has 28 heavy (non-hydrogen) atoms. The van der Waals surface area contributed by atoms with Crippen LogP contribution in [0, 0.1) is 24.0 Å². The van der Waals surface area contributed by atoms with Gasteiger partial charge in [-0.25, -0.2) is 4.79 Å². The van der Waals surface area contributed by atoms with Gasteiger partial charge in [0.25, 0.3) is 11.6 Å². The number of aryl methyl sites for hydroxylation is 2. The molecule has 0 spiro atoms. The van der Waals surface area contributed by atoms with Crippen molar-refractivity contribution in [3.8, 4) is 5.75 Å². The molecule has 2 rings (SSSR count). The van der Waals surface area contributed by atoms with Gasteiger partial charge in [-0.1, -0.05) is 12.1 Å². The van der Waals surface area contributed by atoms with E-state index in [1.54, 1.807) is 38.1 Å². The number of hydrogen-bond acceptors (Lipinski definition) is 6. The number of carbonyl (C=O) groups excluding carboxylic acids is 2. The highest BCUT2D eigenvalue weighted by atomic mass is 16.6. The molecule has 0 aliphatic carbocycles. The molecular formula is C20H20N2O6. The molecule has 0 aromatic heterocycles. The number of anilines is 1. The van der Waals surface area contributed by atoms with Gasteiger partial charge in [-0.05, 0) is 54.8 Å². The van der Waals surface area contributed by atoms with E-state index < -0.39 is 23.4 Å². The summed E-state index contributed by atoms with van der Waals surface area (Å²) in [5, 5.41) is 13.6. The average molecular weight is 384 g/mol. The largest absolute Gasteiger partial charge is 0.497 e. The average Bonchev–Trinajstić information content (AvgIpc) is 2.67. The van der Waals surface area contributed by atoms with Crippen LogP contribution in [0.25, 0.3) is 6.08 Å². The standard InChI is InChI=1S/C20H20N2O6/c1-13-9-17(18(22(25)26)10-14(13)2)21-19(23)12-28-20(24)8-7-15-5-4-6-16(11-15)27-3/h4-11H,12H2,1-3H3,(H,21,23)/b8-7+. The minimum absolute atomic E-state index is 0.0565. The van der Waals surface area contributed by atoms with Gasteiger partial charge < -0.3 is 14.8 Å². The second-order valence-corrected chi connectivity index (χ2v) is 5.98. The van der Waals surface area contributed by atoms with Gasteiger partial charge in [0, 0.05) is 12.1 Å². The van der Waals surface area contributed by atoms with E-state index in [1.807, 2.05) is 0 Å². The predicted molar refractivity (Wildman–Crippen MR) is 104 cm³/mol. The first-order valence-corrected chi connectivity index (χ1v) is 8.34. The number of methoxy groups -OCH3 is 1. The maximum atomic E-state index is 12.0. The third kappa shape index (κ3) is 5.66. The number of nitrogens with zero attached hydrogens (tertiary/aromatic N) is 1. The number of nitrogens with one attached hydrogen (secondary N) is 1. The van der Waals surface area contributed by atoms with Crippen molar-refractivity contribution in [1.82, 2.24) is 0 Å². The zero-order valence-electron chi connectivity index (χ0n) is 15.7. The van der Waals surface area contributed by atoms with Crippen molar-refractivity contribution >= 4 is 29.3 Å². The van der Waals surface area contributed by atoms with Crippen LogP contribution in [0.2, 0.25) is 0 Å². The number of hydrogen-bond donors (Lipinski definition) is 1. The number of nitro benzene ring substituents is 1. The SMILES string of the molecule is COc1cccc(/C=C/C(=O)OCC(=O)Nc2cc(C)c(C)cc2[N+](=O)[O-])c1. The van der Waals surface area contributed by atoms with E-state index in [9.17, 15) is 19.7 Å². The fourth-order valence-corrected chi connectivity index (χ4v) is 2.33. The number of benzene rings is 2. The van der Waals surface area contributed by atoms with E-state index in [4.69, 9.17) is 9.47 Å². The summed E-state index contributed by atoms with van der Waals surface area (Å²) in [6.07, 6.45) is 2.71. The Kier molecular flexibility index (Phi) is 6.86. The molecular weight excluding hydrogens is 364 g/mol. The van der Waals surface area contributed by atoms with E-state index in [0.717, 1.165) is 16.7 Å². The van der Waals surface area contributed by atoms with Crippen molar-refractivity contribution in [1.29, 1.82) is 0 Å².